The number of benzene rings is 2. The minimum absolute atomic E-state index is 0.191. The minimum Gasteiger partial charge on any atom is -0.452 e. The molecule has 2 aromatic rings. The molecule has 1 aliphatic rings. The van der Waals surface area contributed by atoms with Crippen molar-refractivity contribution in [3.8, 4) is 0 Å². The van der Waals surface area contributed by atoms with Gasteiger partial charge in [-0.05, 0) is 54.5 Å². The van der Waals surface area contributed by atoms with E-state index in [9.17, 15) is 9.59 Å². The molecule has 1 heterocycles. The summed E-state index contributed by atoms with van der Waals surface area (Å²) in [7, 11) is 0. The van der Waals surface area contributed by atoms with E-state index < -0.39 is 5.97 Å². The number of thioether (sulfide) groups is 1. The van der Waals surface area contributed by atoms with Crippen LogP contribution in [0, 0.1) is 0 Å². The lowest BCUT2D eigenvalue weighted by Gasteiger charge is -2.29. The highest BCUT2D eigenvalue weighted by Crippen LogP contribution is 2.26. The van der Waals surface area contributed by atoms with Crippen LogP contribution in [-0.4, -0.2) is 31.3 Å². The van der Waals surface area contributed by atoms with Crippen molar-refractivity contribution in [3.63, 3.8) is 0 Å². The molecule has 0 fully saturated rings. The molecule has 3 rings (SSSR count). The third-order valence-corrected chi connectivity index (χ3v) is 5.02. The zero-order valence-electron chi connectivity index (χ0n) is 14.7. The normalized spacial score (nSPS) is 13.5. The highest BCUT2D eigenvalue weighted by Gasteiger charge is 2.22. The third kappa shape index (κ3) is 4.55. The molecule has 1 amide bonds. The molecule has 1 aliphatic heterocycles. The first kappa shape index (κ1) is 18.3. The van der Waals surface area contributed by atoms with Crippen LogP contribution in [0.25, 0.3) is 6.08 Å². The minimum atomic E-state index is -0.516. The highest BCUT2D eigenvalue weighted by molar-refractivity contribution is 7.98. The molecular formula is C21H21NO3S. The Morgan fingerprint density at radius 2 is 1.92 bits per heavy atom. The Morgan fingerprint density at radius 1 is 1.15 bits per heavy atom. The molecule has 0 bridgehead atoms. The van der Waals surface area contributed by atoms with Crippen molar-refractivity contribution in [3.05, 3.63) is 65.7 Å². The van der Waals surface area contributed by atoms with Crippen molar-refractivity contribution in [2.75, 3.05) is 24.3 Å². The Bertz CT molecular complexity index is 814. The quantitative estimate of drug-likeness (QED) is 0.456. The molecule has 134 valence electrons. The summed E-state index contributed by atoms with van der Waals surface area (Å²) in [5, 5.41) is 0. The Morgan fingerprint density at radius 3 is 2.69 bits per heavy atom. The largest absolute Gasteiger partial charge is 0.452 e. The number of carbonyl (C=O) groups is 2. The van der Waals surface area contributed by atoms with E-state index in [-0.39, 0.29) is 12.5 Å². The van der Waals surface area contributed by atoms with Crippen LogP contribution in [0.5, 0.6) is 0 Å². The highest BCUT2D eigenvalue weighted by atomic mass is 32.2. The lowest BCUT2D eigenvalue weighted by molar-refractivity contribution is -0.142. The van der Waals surface area contributed by atoms with Gasteiger partial charge < -0.3 is 9.64 Å². The summed E-state index contributed by atoms with van der Waals surface area (Å²) in [4.78, 5) is 27.2. The van der Waals surface area contributed by atoms with Crippen LogP contribution < -0.4 is 4.90 Å². The lowest BCUT2D eigenvalue weighted by atomic mass is 10.0. The fraction of sp³-hybridized carbons (Fsp3) is 0.238. The summed E-state index contributed by atoms with van der Waals surface area (Å²) in [6.45, 7) is 0.411. The number of aryl methyl sites for hydroxylation is 1. The number of fused-ring (bicyclic) bond motifs is 1. The van der Waals surface area contributed by atoms with E-state index in [1.165, 1.54) is 6.08 Å². The predicted octanol–water partition coefficient (Wildman–Crippen LogP) is 3.94. The molecule has 0 spiro atoms. The monoisotopic (exact) mass is 367 g/mol. The molecule has 0 unspecified atom stereocenters. The molecule has 0 N–H and O–H groups in total. The van der Waals surface area contributed by atoms with E-state index >= 15 is 0 Å². The number of hydrogen-bond acceptors (Lipinski definition) is 4. The molecule has 0 atom stereocenters. The maximum atomic E-state index is 12.4. The topological polar surface area (TPSA) is 46.6 Å². The number of nitrogens with zero attached hydrogens (tertiary/aromatic N) is 1. The second kappa shape index (κ2) is 8.72. The fourth-order valence-corrected chi connectivity index (χ4v) is 3.34. The van der Waals surface area contributed by atoms with Crippen LogP contribution in [0.4, 0.5) is 5.69 Å². The van der Waals surface area contributed by atoms with Crippen LogP contribution in [0.15, 0.2) is 59.5 Å². The summed E-state index contributed by atoms with van der Waals surface area (Å²) in [5.74, 6) is -0.708. The number of hydrogen-bond donors (Lipinski definition) is 0. The number of carbonyl (C=O) groups excluding carboxylic acids is 2. The number of ether oxygens (including phenoxy) is 1. The number of esters is 1. The summed E-state index contributed by atoms with van der Waals surface area (Å²) in [5.41, 5.74) is 2.99. The summed E-state index contributed by atoms with van der Waals surface area (Å²) >= 11 is 1.66. The number of rotatable bonds is 5. The van der Waals surface area contributed by atoms with E-state index in [1.54, 1.807) is 22.7 Å². The first-order valence-corrected chi connectivity index (χ1v) is 9.77. The van der Waals surface area contributed by atoms with E-state index in [1.807, 2.05) is 54.8 Å². The number of amides is 1. The second-order valence-electron chi connectivity index (χ2n) is 5.99. The standard InChI is InChI=1S/C21H21NO3S/c1-26-18-11-8-16(9-12-18)10-13-21(24)25-15-20(23)22-14-4-6-17-5-2-3-7-19(17)22/h2-3,5,7-13H,4,6,14-15H2,1H3/b13-10+. The Labute approximate surface area is 157 Å². The number of para-hydroxylation sites is 1. The van der Waals surface area contributed by atoms with Crippen molar-refractivity contribution < 1.29 is 14.3 Å². The fourth-order valence-electron chi connectivity index (χ4n) is 2.93. The summed E-state index contributed by atoms with van der Waals surface area (Å²) in [6.07, 6.45) is 6.94. The van der Waals surface area contributed by atoms with Gasteiger partial charge in [-0.25, -0.2) is 4.79 Å². The van der Waals surface area contributed by atoms with E-state index in [2.05, 4.69) is 0 Å². The van der Waals surface area contributed by atoms with Gasteiger partial charge >= 0.3 is 5.97 Å². The van der Waals surface area contributed by atoms with Gasteiger partial charge in [0.05, 0.1) is 0 Å². The SMILES string of the molecule is CSc1ccc(/C=C/C(=O)OCC(=O)N2CCCc3ccccc32)cc1. The Kier molecular flexibility index (Phi) is 6.12. The van der Waals surface area contributed by atoms with E-state index in [0.29, 0.717) is 6.54 Å². The summed E-state index contributed by atoms with van der Waals surface area (Å²) < 4.78 is 5.12. The molecule has 0 saturated carbocycles. The van der Waals surface area contributed by atoms with Crippen LogP contribution in [-0.2, 0) is 20.7 Å². The number of anilines is 1. The van der Waals surface area contributed by atoms with Gasteiger partial charge in [-0.2, -0.15) is 0 Å². The van der Waals surface area contributed by atoms with Gasteiger partial charge in [-0.15, -0.1) is 11.8 Å². The van der Waals surface area contributed by atoms with Crippen LogP contribution in [0.2, 0.25) is 0 Å². The van der Waals surface area contributed by atoms with Crippen molar-refractivity contribution >= 4 is 35.4 Å². The molecule has 0 saturated heterocycles. The van der Waals surface area contributed by atoms with Crippen LogP contribution in [0.1, 0.15) is 17.5 Å². The molecule has 0 aromatic heterocycles. The average molecular weight is 367 g/mol. The third-order valence-electron chi connectivity index (χ3n) is 4.28. The Hall–Kier alpha value is -2.53. The van der Waals surface area contributed by atoms with E-state index in [0.717, 1.165) is 34.6 Å². The first-order valence-electron chi connectivity index (χ1n) is 8.54. The smallest absolute Gasteiger partial charge is 0.331 e. The molecule has 0 aliphatic carbocycles. The van der Waals surface area contributed by atoms with Crippen molar-refractivity contribution in [1.29, 1.82) is 0 Å². The maximum absolute atomic E-state index is 12.4. The lowest BCUT2D eigenvalue weighted by Crippen LogP contribution is -2.38. The second-order valence-corrected chi connectivity index (χ2v) is 6.87. The van der Waals surface area contributed by atoms with Crippen LogP contribution >= 0.6 is 11.8 Å². The Balaban J connectivity index is 1.54. The van der Waals surface area contributed by atoms with Gasteiger partial charge in [-0.3, -0.25) is 4.79 Å². The molecular weight excluding hydrogens is 346 g/mol. The predicted molar refractivity (Wildman–Crippen MR) is 105 cm³/mol. The van der Waals surface area contributed by atoms with Crippen molar-refractivity contribution in [1.82, 2.24) is 0 Å². The van der Waals surface area contributed by atoms with Crippen molar-refractivity contribution in [2.45, 2.75) is 17.7 Å². The van der Waals surface area contributed by atoms with Gasteiger partial charge in [0.1, 0.15) is 0 Å². The first-order chi connectivity index (χ1) is 12.7. The zero-order valence-corrected chi connectivity index (χ0v) is 15.5. The van der Waals surface area contributed by atoms with Gasteiger partial charge in [0.15, 0.2) is 6.61 Å². The summed E-state index contributed by atoms with van der Waals surface area (Å²) in [6, 6.07) is 15.7. The van der Waals surface area contributed by atoms with Gasteiger partial charge in [0, 0.05) is 23.2 Å². The molecule has 4 nitrogen and oxygen atoms in total. The molecule has 5 heteroatoms. The average Bonchev–Trinajstić information content (AvgIpc) is 2.70. The molecule has 26 heavy (non-hydrogen) atoms. The zero-order chi connectivity index (χ0) is 18.4. The van der Waals surface area contributed by atoms with Crippen LogP contribution in [0.3, 0.4) is 0 Å². The van der Waals surface area contributed by atoms with Gasteiger partial charge in [0.25, 0.3) is 5.91 Å². The van der Waals surface area contributed by atoms with Gasteiger partial charge in [-0.1, -0.05) is 30.3 Å². The maximum Gasteiger partial charge on any atom is 0.331 e. The molecule has 0 radical (unpaired) electrons. The van der Waals surface area contributed by atoms with E-state index in [4.69, 9.17) is 4.74 Å². The molecule has 2 aromatic carbocycles. The van der Waals surface area contributed by atoms with Gasteiger partial charge in [0.2, 0.25) is 0 Å². The van der Waals surface area contributed by atoms with Crippen molar-refractivity contribution in [2.24, 2.45) is 0 Å².